The van der Waals surface area contributed by atoms with Crippen molar-refractivity contribution >= 4 is 11.3 Å². The van der Waals surface area contributed by atoms with Crippen molar-refractivity contribution in [2.75, 3.05) is 13.2 Å². The van der Waals surface area contributed by atoms with Crippen molar-refractivity contribution in [3.8, 4) is 0 Å². The van der Waals surface area contributed by atoms with E-state index in [0.29, 0.717) is 19.1 Å². The van der Waals surface area contributed by atoms with Crippen LogP contribution >= 0.6 is 11.3 Å². The van der Waals surface area contributed by atoms with E-state index in [9.17, 15) is 5.11 Å². The van der Waals surface area contributed by atoms with Gasteiger partial charge in [-0.15, -0.1) is 11.3 Å². The molecule has 0 spiro atoms. The smallest absolute Gasteiger partial charge is 0.118 e. The first-order valence-electron chi connectivity index (χ1n) is 6.63. The highest BCUT2D eigenvalue weighted by molar-refractivity contribution is 7.10. The number of hydrogen-bond acceptors (Lipinski definition) is 3. The lowest BCUT2D eigenvalue weighted by Gasteiger charge is -2.40. The van der Waals surface area contributed by atoms with E-state index in [-0.39, 0.29) is 5.60 Å². The predicted molar refractivity (Wildman–Crippen MR) is 73.7 cm³/mol. The molecule has 1 aromatic heterocycles. The molecule has 0 amide bonds. The van der Waals surface area contributed by atoms with Gasteiger partial charge in [-0.05, 0) is 32.2 Å². The van der Waals surface area contributed by atoms with E-state index in [1.165, 1.54) is 4.88 Å². The van der Waals surface area contributed by atoms with E-state index < -0.39 is 5.60 Å². The van der Waals surface area contributed by atoms with Gasteiger partial charge >= 0.3 is 0 Å². The van der Waals surface area contributed by atoms with Gasteiger partial charge in [0.2, 0.25) is 0 Å². The Morgan fingerprint density at radius 1 is 1.56 bits per heavy atom. The number of ether oxygens (including phenoxy) is 1. The maximum Gasteiger partial charge on any atom is 0.118 e. The van der Waals surface area contributed by atoms with Crippen LogP contribution in [0, 0.1) is 0 Å². The largest absolute Gasteiger partial charge is 0.384 e. The van der Waals surface area contributed by atoms with Gasteiger partial charge in [0.15, 0.2) is 0 Å². The highest BCUT2D eigenvalue weighted by Crippen LogP contribution is 2.31. The predicted octanol–water partition coefficient (Wildman–Crippen LogP) is 1.69. The Morgan fingerprint density at radius 3 is 2.94 bits per heavy atom. The van der Waals surface area contributed by atoms with Crippen LogP contribution in [0.5, 0.6) is 0 Å². The second-order valence-corrected chi connectivity index (χ2v) is 6.98. The minimum absolute atomic E-state index is 0.201. The van der Waals surface area contributed by atoms with E-state index in [4.69, 9.17) is 4.74 Å². The van der Waals surface area contributed by atoms with Gasteiger partial charge in [-0.2, -0.15) is 0 Å². The first kappa shape index (κ1) is 14.0. The van der Waals surface area contributed by atoms with Crippen molar-refractivity contribution in [2.24, 2.45) is 0 Å². The number of quaternary nitrogens is 1. The normalized spacial score (nSPS) is 29.1. The monoisotopic (exact) mass is 270 g/mol. The molecule has 2 heterocycles. The van der Waals surface area contributed by atoms with Crippen molar-refractivity contribution in [1.29, 1.82) is 0 Å². The Balaban J connectivity index is 1.89. The fourth-order valence-corrected chi connectivity index (χ4v) is 3.47. The third-order valence-corrected chi connectivity index (χ3v) is 4.73. The maximum absolute atomic E-state index is 10.6. The maximum atomic E-state index is 10.6. The fraction of sp³-hybridized carbons (Fsp3) is 0.714. The molecule has 1 saturated heterocycles. The van der Waals surface area contributed by atoms with Crippen LogP contribution in [0.25, 0.3) is 0 Å². The highest BCUT2D eigenvalue weighted by atomic mass is 32.1. The minimum atomic E-state index is -0.590. The first-order chi connectivity index (χ1) is 8.40. The molecule has 0 aliphatic carbocycles. The Morgan fingerprint density at radius 2 is 2.33 bits per heavy atom. The summed E-state index contributed by atoms with van der Waals surface area (Å²) in [5.74, 6) is 0. The van der Waals surface area contributed by atoms with Gasteiger partial charge in [0, 0.05) is 12.8 Å². The molecule has 1 aliphatic heterocycles. The minimum Gasteiger partial charge on any atom is -0.384 e. The van der Waals surface area contributed by atoms with Crippen molar-refractivity contribution in [3.63, 3.8) is 0 Å². The van der Waals surface area contributed by atoms with Crippen molar-refractivity contribution in [1.82, 2.24) is 0 Å². The quantitative estimate of drug-likeness (QED) is 0.874. The lowest BCUT2D eigenvalue weighted by atomic mass is 9.84. The summed E-state index contributed by atoms with van der Waals surface area (Å²) in [5.41, 5.74) is -0.791. The van der Waals surface area contributed by atoms with Crippen LogP contribution in [0.2, 0.25) is 0 Å². The molecule has 102 valence electrons. The summed E-state index contributed by atoms with van der Waals surface area (Å²) < 4.78 is 5.67. The van der Waals surface area contributed by atoms with Crippen LogP contribution in [0.4, 0.5) is 0 Å². The molecule has 3 N–H and O–H groups in total. The average Bonchev–Trinajstić information content (AvgIpc) is 2.77. The summed E-state index contributed by atoms with van der Waals surface area (Å²) in [7, 11) is 0. The van der Waals surface area contributed by atoms with Gasteiger partial charge in [-0.25, -0.2) is 0 Å². The Hall–Kier alpha value is -0.420. The summed E-state index contributed by atoms with van der Waals surface area (Å²) in [6.07, 6.45) is 1.46. The Labute approximate surface area is 113 Å². The van der Waals surface area contributed by atoms with Crippen LogP contribution in [0.3, 0.4) is 0 Å². The Kier molecular flexibility index (Phi) is 4.11. The molecule has 0 aromatic carbocycles. The van der Waals surface area contributed by atoms with E-state index in [1.807, 2.05) is 0 Å². The highest BCUT2D eigenvalue weighted by Gasteiger charge is 2.41. The number of thiophene rings is 1. The van der Waals surface area contributed by atoms with Crippen LogP contribution in [0.15, 0.2) is 17.5 Å². The average molecular weight is 270 g/mol. The molecule has 0 unspecified atom stereocenters. The lowest BCUT2D eigenvalue weighted by Crippen LogP contribution is -2.89. The second-order valence-electron chi connectivity index (χ2n) is 6.00. The second kappa shape index (κ2) is 5.29. The van der Waals surface area contributed by atoms with E-state index in [2.05, 4.69) is 43.6 Å². The van der Waals surface area contributed by atoms with E-state index >= 15 is 0 Å². The summed E-state index contributed by atoms with van der Waals surface area (Å²) in [4.78, 5) is 1.37. The van der Waals surface area contributed by atoms with E-state index in [0.717, 1.165) is 13.0 Å². The fourth-order valence-electron chi connectivity index (χ4n) is 2.69. The van der Waals surface area contributed by atoms with Gasteiger partial charge in [0.25, 0.3) is 0 Å². The zero-order valence-electron chi connectivity index (χ0n) is 11.5. The third-order valence-electron chi connectivity index (χ3n) is 3.66. The summed E-state index contributed by atoms with van der Waals surface area (Å²) in [6.45, 7) is 7.71. The SMILES string of the molecule is C[C@@H]([NH2+]C[C@]1(O)CCOC(C)(C)C1)c1cccs1. The van der Waals surface area contributed by atoms with Gasteiger partial charge in [0.1, 0.15) is 18.2 Å². The molecular formula is C14H24NO2S+. The summed E-state index contributed by atoms with van der Waals surface area (Å²) in [6, 6.07) is 4.65. The molecule has 18 heavy (non-hydrogen) atoms. The summed E-state index contributed by atoms with van der Waals surface area (Å²) >= 11 is 1.78. The molecule has 0 bridgehead atoms. The Bertz CT molecular complexity index is 377. The topological polar surface area (TPSA) is 46.1 Å². The molecule has 0 radical (unpaired) electrons. The summed E-state index contributed by atoms with van der Waals surface area (Å²) in [5, 5.41) is 15.0. The number of rotatable bonds is 4. The van der Waals surface area contributed by atoms with Gasteiger partial charge in [-0.3, -0.25) is 0 Å². The first-order valence-corrected chi connectivity index (χ1v) is 7.51. The zero-order valence-corrected chi connectivity index (χ0v) is 12.3. The van der Waals surface area contributed by atoms with Crippen molar-refractivity contribution in [3.05, 3.63) is 22.4 Å². The molecule has 2 atom stereocenters. The van der Waals surface area contributed by atoms with Crippen LogP contribution < -0.4 is 5.32 Å². The van der Waals surface area contributed by atoms with E-state index in [1.54, 1.807) is 11.3 Å². The zero-order chi connectivity index (χ0) is 13.2. The molecular weight excluding hydrogens is 246 g/mol. The molecule has 1 aliphatic rings. The van der Waals surface area contributed by atoms with Crippen molar-refractivity contribution in [2.45, 2.75) is 50.9 Å². The third kappa shape index (κ3) is 3.54. The number of hydrogen-bond donors (Lipinski definition) is 2. The number of aliphatic hydroxyl groups is 1. The van der Waals surface area contributed by atoms with Crippen LogP contribution in [-0.2, 0) is 4.74 Å². The molecule has 1 aromatic rings. The molecule has 2 rings (SSSR count). The van der Waals surface area contributed by atoms with Crippen LogP contribution in [-0.4, -0.2) is 29.5 Å². The van der Waals surface area contributed by atoms with Crippen molar-refractivity contribution < 1.29 is 15.2 Å². The standard InChI is InChI=1S/C14H23NO2S/c1-11(12-5-4-8-18-12)15-10-14(16)6-7-17-13(2,3)9-14/h4-5,8,11,15-16H,6-7,9-10H2,1-3H3/p+1/t11-,14+/m1/s1. The van der Waals surface area contributed by atoms with Crippen LogP contribution in [0.1, 0.15) is 44.5 Å². The molecule has 1 fully saturated rings. The number of nitrogens with two attached hydrogens (primary N) is 1. The van der Waals surface area contributed by atoms with Gasteiger partial charge in [-0.1, -0.05) is 6.07 Å². The van der Waals surface area contributed by atoms with Gasteiger partial charge < -0.3 is 15.2 Å². The molecule has 0 saturated carbocycles. The molecule has 4 heteroatoms. The molecule has 3 nitrogen and oxygen atoms in total. The van der Waals surface area contributed by atoms with Gasteiger partial charge in [0.05, 0.1) is 17.1 Å². The lowest BCUT2D eigenvalue weighted by molar-refractivity contribution is -0.704.